The van der Waals surface area contributed by atoms with E-state index in [1.54, 1.807) is 4.57 Å². The van der Waals surface area contributed by atoms with Crippen LogP contribution in [0.25, 0.3) is 105 Å². The van der Waals surface area contributed by atoms with Crippen molar-refractivity contribution >= 4 is 108 Å². The van der Waals surface area contributed by atoms with Gasteiger partial charge in [0.15, 0.2) is 8.07 Å². The van der Waals surface area contributed by atoms with E-state index in [0.29, 0.717) is 5.69 Å². The predicted octanol–water partition coefficient (Wildman–Crippen LogP) is 23.2. The molecule has 111 heavy (non-hydrogen) atoms. The van der Waals surface area contributed by atoms with Crippen LogP contribution in [0.1, 0.15) is 37.3 Å². The number of nitrogens with zero attached hydrogens (tertiary/aromatic N) is 3. The van der Waals surface area contributed by atoms with Crippen molar-refractivity contribution in [2.24, 2.45) is 0 Å². The van der Waals surface area contributed by atoms with Crippen molar-refractivity contribution in [3.63, 3.8) is 0 Å². The Balaban J connectivity index is 0.951. The van der Waals surface area contributed by atoms with E-state index < -0.39 is 56.5 Å². The van der Waals surface area contributed by atoms with Crippen LogP contribution in [0.2, 0.25) is 0 Å². The van der Waals surface area contributed by atoms with Gasteiger partial charge in [0.1, 0.15) is 0 Å². The highest BCUT2D eigenvalue weighted by atomic mass is 28.3. The Hall–Kier alpha value is -13.6. The molecular weight excluding hydrogens is 1350 g/mol. The quantitative estimate of drug-likeness (QED) is 0.0794. The average Bonchev–Trinajstić information content (AvgIpc) is 1.32. The number of hydrogen-bond acceptors (Lipinski definition) is 2. The van der Waals surface area contributed by atoms with Crippen LogP contribution < -0.4 is 46.9 Å². The Morgan fingerprint density at radius 3 is 1.02 bits per heavy atom. The number of para-hydroxylation sites is 2. The van der Waals surface area contributed by atoms with E-state index >= 15 is 0 Å². The van der Waals surface area contributed by atoms with Crippen LogP contribution in [-0.2, 0) is 5.41 Å². The Bertz CT molecular complexity index is 6730. The molecule has 5 heteroatoms. The van der Waals surface area contributed by atoms with Gasteiger partial charge in [-0.3, -0.25) is 0 Å². The first-order valence-corrected chi connectivity index (χ1v) is 40.1. The van der Waals surface area contributed by atoms with E-state index in [4.69, 9.17) is 2.74 Å². The van der Waals surface area contributed by atoms with E-state index in [-0.39, 0.29) is 33.9 Å². The predicted molar refractivity (Wildman–Crippen MR) is 475 cm³/mol. The molecular formula is C106H78BN3Si. The molecule has 0 spiro atoms. The second-order valence-electron chi connectivity index (χ2n) is 30.0. The molecule has 0 amide bonds. The SMILES string of the molecule is [2H]c1c([2H])c([2H])c2c(c1[2H])c1c([2H])c([2H])c([2H])c([2H])c1n2-c1ccc2c(c1)N(c1c(-c3ccccc3)cc(-c3ccccc3)cc1-c1ccccc1)c1cc(C(C)(C)C)cc3c1B2c1cc(-c2ccc([Si](c4ccccc4)(c4ccccc4)c4ccccc4)cc2)ccc1N3c1c(-c2ccccc2)cc(-c2ccccc2)cc1-c1ccccc1. The van der Waals surface area contributed by atoms with Gasteiger partial charge in [0.2, 0.25) is 0 Å². The van der Waals surface area contributed by atoms with Gasteiger partial charge >= 0.3 is 0 Å². The molecule has 0 unspecified atom stereocenters. The standard InChI is InChI=1S/C106H78BN3Si/c1-106(2,3)83-70-101-103-102(71-83)110(105-93(78-43-21-8-22-44-78)67-82(74-37-15-5-16-38-74)68-94(105)79-45-23-9-24-46-79)100-72-84(108-97-55-33-31-53-89(97)90-54-32-34-56-98(90)108)60-63-95(100)107(103)96-69-80(75-57-61-88(62-58-75)111(85-47-25-10-26-48-85,86-49-27-11-28-50-86)87-51-29-12-30-52-87)59-64-99(96)109(101)104-91(76-39-17-6-18-40-76)65-81(73-35-13-4-14-36-73)66-92(104)77-41-19-7-20-42-77/h4-72H,1-3H3/i31D,32D,33D,34D,53D,54D,55D,56D. The van der Waals surface area contributed by atoms with Gasteiger partial charge in [-0.1, -0.05) is 372 Å². The van der Waals surface area contributed by atoms with E-state index in [1.165, 1.54) is 20.7 Å². The van der Waals surface area contributed by atoms with Gasteiger partial charge in [0.05, 0.1) is 33.4 Å². The summed E-state index contributed by atoms with van der Waals surface area (Å²) >= 11 is 0. The minimum absolute atomic E-state index is 0.00301. The van der Waals surface area contributed by atoms with Crippen LogP contribution >= 0.6 is 0 Å². The minimum atomic E-state index is -2.97. The summed E-state index contributed by atoms with van der Waals surface area (Å²) in [7, 11) is -2.97. The molecule has 2 aliphatic rings. The molecule has 0 atom stereocenters. The van der Waals surface area contributed by atoms with E-state index in [0.717, 1.165) is 134 Å². The molecule has 17 aromatic carbocycles. The normalized spacial score (nSPS) is 13.4. The second-order valence-corrected chi connectivity index (χ2v) is 33.9. The first kappa shape index (κ1) is 58.5. The molecule has 0 N–H and O–H groups in total. The van der Waals surface area contributed by atoms with Crippen LogP contribution in [0, 0.1) is 0 Å². The maximum absolute atomic E-state index is 9.95. The fourth-order valence-corrected chi connectivity index (χ4v) is 22.3. The van der Waals surface area contributed by atoms with Gasteiger partial charge in [0.25, 0.3) is 6.71 Å². The molecule has 0 saturated carbocycles. The minimum Gasteiger partial charge on any atom is -0.310 e. The summed E-state index contributed by atoms with van der Waals surface area (Å²) in [5.74, 6) is 0. The second kappa shape index (κ2) is 27.6. The van der Waals surface area contributed by atoms with Crippen LogP contribution in [0.5, 0.6) is 0 Å². The first-order valence-electron chi connectivity index (χ1n) is 42.1. The number of hydrogen-bond donors (Lipinski definition) is 0. The fourth-order valence-electron chi connectivity index (χ4n) is 17.6. The lowest BCUT2D eigenvalue weighted by atomic mass is 9.33. The Morgan fingerprint density at radius 1 is 0.279 bits per heavy atom. The van der Waals surface area contributed by atoms with Crippen molar-refractivity contribution in [2.75, 3.05) is 9.80 Å². The van der Waals surface area contributed by atoms with Gasteiger partial charge in [-0.2, -0.15) is 0 Å². The number of benzene rings is 17. The number of aromatic nitrogens is 1. The zero-order chi connectivity index (χ0) is 81.1. The molecule has 2 aliphatic heterocycles. The highest BCUT2D eigenvalue weighted by Crippen LogP contribution is 2.55. The highest BCUT2D eigenvalue weighted by Gasteiger charge is 2.47. The molecule has 0 fully saturated rings. The van der Waals surface area contributed by atoms with Crippen LogP contribution in [-0.4, -0.2) is 19.4 Å². The van der Waals surface area contributed by atoms with Crippen molar-refractivity contribution in [2.45, 2.75) is 26.2 Å². The summed E-state index contributed by atoms with van der Waals surface area (Å²) < 4.78 is 77.9. The Labute approximate surface area is 662 Å². The van der Waals surface area contributed by atoms with Gasteiger partial charge in [0, 0.05) is 61.5 Å². The molecule has 0 saturated heterocycles. The lowest BCUT2D eigenvalue weighted by Crippen LogP contribution is -2.74. The van der Waals surface area contributed by atoms with Gasteiger partial charge < -0.3 is 14.4 Å². The highest BCUT2D eigenvalue weighted by molar-refractivity contribution is 7.20. The summed E-state index contributed by atoms with van der Waals surface area (Å²) in [6.45, 7) is 6.31. The fraction of sp³-hybridized carbons (Fsp3) is 0.0377. The molecule has 3 heterocycles. The Morgan fingerprint density at radius 2 is 0.622 bits per heavy atom. The smallest absolute Gasteiger partial charge is 0.252 e. The molecule has 0 radical (unpaired) electrons. The summed E-state index contributed by atoms with van der Waals surface area (Å²) in [6, 6.07) is 131. The van der Waals surface area contributed by atoms with Crippen LogP contribution in [0.4, 0.5) is 34.1 Å². The first-order chi connectivity index (χ1) is 58.0. The van der Waals surface area contributed by atoms with Crippen molar-refractivity contribution in [1.29, 1.82) is 0 Å². The van der Waals surface area contributed by atoms with Crippen molar-refractivity contribution in [3.8, 4) is 83.6 Å². The third-order valence-electron chi connectivity index (χ3n) is 22.7. The maximum atomic E-state index is 9.95. The zero-order valence-electron chi connectivity index (χ0n) is 69.6. The topological polar surface area (TPSA) is 11.4 Å². The molecule has 1 aromatic heterocycles. The van der Waals surface area contributed by atoms with E-state index in [2.05, 4.69) is 388 Å². The summed E-state index contributed by atoms with van der Waals surface area (Å²) in [4.78, 5) is 5.04. The molecule has 20 rings (SSSR count). The van der Waals surface area contributed by atoms with Crippen molar-refractivity contribution in [3.05, 3.63) is 424 Å². The largest absolute Gasteiger partial charge is 0.310 e. The van der Waals surface area contributed by atoms with Gasteiger partial charge in [-0.05, 0) is 170 Å². The van der Waals surface area contributed by atoms with Crippen molar-refractivity contribution in [1.82, 2.24) is 4.57 Å². The lowest BCUT2D eigenvalue weighted by Gasteiger charge is -2.46. The van der Waals surface area contributed by atoms with Gasteiger partial charge in [-0.15, -0.1) is 0 Å². The van der Waals surface area contributed by atoms with E-state index in [1.807, 2.05) is 12.1 Å². The summed E-state index contributed by atoms with van der Waals surface area (Å²) in [5, 5.41) is 5.10. The third-order valence-corrected chi connectivity index (χ3v) is 27.5. The monoisotopic (exact) mass is 1440 g/mol. The maximum Gasteiger partial charge on any atom is 0.252 e. The van der Waals surface area contributed by atoms with Crippen LogP contribution in [0.15, 0.2) is 418 Å². The lowest BCUT2D eigenvalue weighted by molar-refractivity contribution is 0.590. The summed E-state index contributed by atoms with van der Waals surface area (Å²) in [5.41, 5.74) is 23.6. The Kier molecular flexibility index (Phi) is 14.5. The molecule has 18 aromatic rings. The van der Waals surface area contributed by atoms with Crippen LogP contribution in [0.3, 0.4) is 0 Å². The van der Waals surface area contributed by atoms with Crippen molar-refractivity contribution < 1.29 is 11.0 Å². The average molecular weight is 1440 g/mol. The summed E-state index contributed by atoms with van der Waals surface area (Å²) in [6.07, 6.45) is 0. The molecule has 3 nitrogen and oxygen atoms in total. The zero-order valence-corrected chi connectivity index (χ0v) is 62.6. The number of anilines is 6. The molecule has 524 valence electrons. The van der Waals surface area contributed by atoms with Gasteiger partial charge in [-0.25, -0.2) is 0 Å². The molecule has 0 aliphatic carbocycles. The number of rotatable bonds is 14. The number of fused-ring (bicyclic) bond motifs is 7. The molecule has 0 bridgehead atoms. The third kappa shape index (κ3) is 11.4. The van der Waals surface area contributed by atoms with E-state index in [9.17, 15) is 8.22 Å².